The van der Waals surface area contributed by atoms with E-state index in [1.165, 1.54) is 13.2 Å². The van der Waals surface area contributed by atoms with Crippen molar-refractivity contribution >= 4 is 11.8 Å². The molecule has 0 aliphatic rings. The third-order valence-corrected chi connectivity index (χ3v) is 4.22. The predicted molar refractivity (Wildman–Crippen MR) is 102 cm³/mol. The Hall–Kier alpha value is -2.96. The summed E-state index contributed by atoms with van der Waals surface area (Å²) in [7, 11) is 1.50. The van der Waals surface area contributed by atoms with Crippen LogP contribution in [0.4, 0.5) is 8.78 Å². The molecule has 0 radical (unpaired) electrons. The number of hydrogen-bond acceptors (Lipinski definition) is 3. The van der Waals surface area contributed by atoms with Crippen molar-refractivity contribution in [2.45, 2.75) is 39.7 Å². The second-order valence-corrected chi connectivity index (χ2v) is 7.19. The normalized spacial score (nSPS) is 11.1. The van der Waals surface area contributed by atoms with E-state index in [-0.39, 0.29) is 0 Å². The van der Waals surface area contributed by atoms with Crippen LogP contribution < -0.4 is 10.2 Å². The SMILES string of the molecule is CCc1c(OC)cccc1C(=O)NN(C(=O)c1c(F)cccc1F)C(C)(C)C. The van der Waals surface area contributed by atoms with Crippen molar-refractivity contribution in [1.29, 1.82) is 0 Å². The van der Waals surface area contributed by atoms with Crippen LogP contribution in [0.25, 0.3) is 0 Å². The van der Waals surface area contributed by atoms with Crippen LogP contribution in [-0.4, -0.2) is 29.5 Å². The highest BCUT2D eigenvalue weighted by Gasteiger charge is 2.33. The fraction of sp³-hybridized carbons (Fsp3) is 0.333. The van der Waals surface area contributed by atoms with Gasteiger partial charge in [0.25, 0.3) is 11.8 Å². The molecule has 0 saturated carbocycles. The number of hydrazine groups is 1. The maximum atomic E-state index is 14.1. The molecule has 0 aliphatic carbocycles. The molecule has 2 aromatic carbocycles. The van der Waals surface area contributed by atoms with Crippen molar-refractivity contribution in [1.82, 2.24) is 10.4 Å². The van der Waals surface area contributed by atoms with E-state index in [1.807, 2.05) is 6.92 Å². The van der Waals surface area contributed by atoms with Crippen molar-refractivity contribution in [2.75, 3.05) is 7.11 Å². The number of hydrogen-bond donors (Lipinski definition) is 1. The molecule has 0 heterocycles. The number of nitrogens with zero attached hydrogens (tertiary/aromatic N) is 1. The quantitative estimate of drug-likeness (QED) is 0.799. The zero-order valence-electron chi connectivity index (χ0n) is 16.6. The molecule has 7 heteroatoms. The summed E-state index contributed by atoms with van der Waals surface area (Å²) in [6.07, 6.45) is 0.526. The zero-order chi connectivity index (χ0) is 21.1. The zero-order valence-corrected chi connectivity index (χ0v) is 16.6. The highest BCUT2D eigenvalue weighted by molar-refractivity contribution is 6.00. The first kappa shape index (κ1) is 21.3. The van der Waals surface area contributed by atoms with Crippen molar-refractivity contribution in [3.05, 3.63) is 64.7 Å². The first-order valence-electron chi connectivity index (χ1n) is 8.87. The van der Waals surface area contributed by atoms with Crippen molar-refractivity contribution in [2.24, 2.45) is 0 Å². The molecule has 28 heavy (non-hydrogen) atoms. The maximum absolute atomic E-state index is 14.1. The summed E-state index contributed by atoms with van der Waals surface area (Å²) in [5.74, 6) is -3.00. The average molecular weight is 390 g/mol. The summed E-state index contributed by atoms with van der Waals surface area (Å²) < 4.78 is 33.5. The van der Waals surface area contributed by atoms with Crippen LogP contribution in [0.15, 0.2) is 36.4 Å². The largest absolute Gasteiger partial charge is 0.496 e. The standard InChI is InChI=1S/C21H24F2N2O3/c1-6-13-14(9-7-12-17(13)28-5)19(26)24-25(21(2,3)4)20(27)18-15(22)10-8-11-16(18)23/h7-12H,6H2,1-5H3,(H,24,26). The number of halogens is 2. The van der Waals surface area contributed by atoms with E-state index in [0.717, 1.165) is 17.1 Å². The van der Waals surface area contributed by atoms with Crippen molar-refractivity contribution < 1.29 is 23.1 Å². The molecule has 0 bridgehead atoms. The van der Waals surface area contributed by atoms with Crippen LogP contribution >= 0.6 is 0 Å². The van der Waals surface area contributed by atoms with Gasteiger partial charge in [0.15, 0.2) is 0 Å². The van der Waals surface area contributed by atoms with E-state index in [1.54, 1.807) is 39.0 Å². The number of amides is 2. The van der Waals surface area contributed by atoms with Gasteiger partial charge >= 0.3 is 0 Å². The first-order valence-corrected chi connectivity index (χ1v) is 8.87. The molecule has 0 aliphatic heterocycles. The van der Waals surface area contributed by atoms with Gasteiger partial charge in [-0.25, -0.2) is 13.8 Å². The number of ether oxygens (including phenoxy) is 1. The summed E-state index contributed by atoms with van der Waals surface area (Å²) in [6, 6.07) is 8.16. The van der Waals surface area contributed by atoms with Crippen LogP contribution in [0.2, 0.25) is 0 Å². The number of methoxy groups -OCH3 is 1. The lowest BCUT2D eigenvalue weighted by Crippen LogP contribution is -2.56. The van der Waals surface area contributed by atoms with E-state index in [9.17, 15) is 18.4 Å². The van der Waals surface area contributed by atoms with Gasteiger partial charge in [0.05, 0.1) is 12.6 Å². The van der Waals surface area contributed by atoms with Gasteiger partial charge in [-0.1, -0.05) is 19.1 Å². The van der Waals surface area contributed by atoms with Gasteiger partial charge in [0, 0.05) is 11.1 Å². The van der Waals surface area contributed by atoms with Crippen LogP contribution in [0.1, 0.15) is 54.0 Å². The van der Waals surface area contributed by atoms with Gasteiger partial charge in [-0.05, 0) is 51.5 Å². The molecular weight excluding hydrogens is 366 g/mol. The lowest BCUT2D eigenvalue weighted by Gasteiger charge is -2.35. The Bertz CT molecular complexity index is 871. The van der Waals surface area contributed by atoms with Gasteiger partial charge in [-0.15, -0.1) is 0 Å². The number of benzene rings is 2. The number of rotatable bonds is 4. The lowest BCUT2D eigenvalue weighted by molar-refractivity contribution is 0.0350. The molecule has 2 rings (SSSR count). The molecule has 0 atom stereocenters. The Morgan fingerprint density at radius 2 is 1.64 bits per heavy atom. The average Bonchev–Trinajstić information content (AvgIpc) is 2.63. The summed E-state index contributed by atoms with van der Waals surface area (Å²) in [5, 5.41) is 0.940. The van der Waals surface area contributed by atoms with Crippen LogP contribution in [0.5, 0.6) is 5.75 Å². The van der Waals surface area contributed by atoms with E-state index in [4.69, 9.17) is 4.74 Å². The second-order valence-electron chi connectivity index (χ2n) is 7.19. The Morgan fingerprint density at radius 1 is 1.07 bits per heavy atom. The minimum Gasteiger partial charge on any atom is -0.496 e. The van der Waals surface area contributed by atoms with Gasteiger partial charge < -0.3 is 4.74 Å². The van der Waals surface area contributed by atoms with Crippen molar-refractivity contribution in [3.63, 3.8) is 0 Å². The van der Waals surface area contributed by atoms with Crippen LogP contribution in [0, 0.1) is 11.6 Å². The maximum Gasteiger partial charge on any atom is 0.278 e. The second kappa shape index (κ2) is 8.37. The van der Waals surface area contributed by atoms with Gasteiger partial charge in [-0.2, -0.15) is 0 Å². The smallest absolute Gasteiger partial charge is 0.278 e. The molecule has 0 unspecified atom stereocenters. The Labute approximate surface area is 163 Å². The van der Waals surface area contributed by atoms with Crippen LogP contribution in [-0.2, 0) is 6.42 Å². The highest BCUT2D eigenvalue weighted by Crippen LogP contribution is 2.24. The van der Waals surface area contributed by atoms with Crippen molar-refractivity contribution in [3.8, 4) is 5.75 Å². The third kappa shape index (κ3) is 4.30. The minimum atomic E-state index is -0.996. The van der Waals surface area contributed by atoms with E-state index in [2.05, 4.69) is 5.43 Å². The molecule has 0 spiro atoms. The van der Waals surface area contributed by atoms with E-state index in [0.29, 0.717) is 23.3 Å². The van der Waals surface area contributed by atoms with Gasteiger partial charge in [0.1, 0.15) is 22.9 Å². The number of nitrogens with one attached hydrogen (secondary N) is 1. The molecule has 0 fully saturated rings. The Morgan fingerprint density at radius 3 is 2.14 bits per heavy atom. The molecule has 0 aromatic heterocycles. The summed E-state index contributed by atoms with van der Waals surface area (Å²) >= 11 is 0. The minimum absolute atomic E-state index is 0.318. The molecule has 2 amide bonds. The highest BCUT2D eigenvalue weighted by atomic mass is 19.1. The topological polar surface area (TPSA) is 58.6 Å². The monoisotopic (exact) mass is 390 g/mol. The fourth-order valence-electron chi connectivity index (χ4n) is 2.83. The fourth-order valence-corrected chi connectivity index (χ4v) is 2.83. The van der Waals surface area contributed by atoms with E-state index >= 15 is 0 Å². The predicted octanol–water partition coefficient (Wildman–Crippen LogP) is 4.12. The molecule has 1 N–H and O–H groups in total. The first-order chi connectivity index (χ1) is 13.1. The summed E-state index contributed by atoms with van der Waals surface area (Å²) in [5.41, 5.74) is 1.83. The Balaban J connectivity index is 2.44. The number of carbonyl (C=O) groups is 2. The van der Waals surface area contributed by atoms with E-state index < -0.39 is 34.6 Å². The van der Waals surface area contributed by atoms with Gasteiger partial charge in [-0.3, -0.25) is 15.0 Å². The number of carbonyl (C=O) groups excluding carboxylic acids is 2. The molecular formula is C21H24F2N2O3. The summed E-state index contributed by atoms with van der Waals surface area (Å²) in [6.45, 7) is 6.82. The molecule has 2 aromatic rings. The molecule has 5 nitrogen and oxygen atoms in total. The summed E-state index contributed by atoms with van der Waals surface area (Å²) in [4.78, 5) is 25.8. The lowest BCUT2D eigenvalue weighted by atomic mass is 10.0. The third-order valence-electron chi connectivity index (χ3n) is 4.22. The molecule has 0 saturated heterocycles. The molecule has 150 valence electrons. The Kier molecular flexibility index (Phi) is 6.38. The van der Waals surface area contributed by atoms with Crippen LogP contribution in [0.3, 0.4) is 0 Å². The van der Waals surface area contributed by atoms with Gasteiger partial charge in [0.2, 0.25) is 0 Å².